The Morgan fingerprint density at radius 3 is 2.18 bits per heavy atom. The summed E-state index contributed by atoms with van der Waals surface area (Å²) in [6, 6.07) is 0. The minimum absolute atomic E-state index is 0.432. The number of hydrogen-bond acceptors (Lipinski definition) is 1. The molecule has 0 saturated heterocycles. The van der Waals surface area contributed by atoms with Gasteiger partial charge in [-0.15, -0.1) is 0 Å². The van der Waals surface area contributed by atoms with Gasteiger partial charge in [0.15, 0.2) is 0 Å². The third-order valence-electron chi connectivity index (χ3n) is 3.03. The Bertz CT molecular complexity index is 140. The minimum Gasteiger partial charge on any atom is -0.330 e. The Morgan fingerprint density at radius 2 is 1.82 bits per heavy atom. The van der Waals surface area contributed by atoms with Gasteiger partial charge in [0.2, 0.25) is 0 Å². The van der Waals surface area contributed by atoms with E-state index in [1.54, 1.807) is 0 Å². The average Bonchev–Trinajstić information content (AvgIpc) is 1.85. The SMILES string of the molecule is CC1(C)CCC[C@@](C)(CN)C1. The molecule has 66 valence electrons. The molecule has 1 heteroatoms. The fraction of sp³-hybridized carbons (Fsp3) is 1.00. The molecule has 2 N–H and O–H groups in total. The molecule has 1 fully saturated rings. The van der Waals surface area contributed by atoms with Crippen molar-refractivity contribution >= 4 is 0 Å². The second-order valence-electron chi connectivity index (χ2n) is 5.21. The lowest BCUT2D eigenvalue weighted by atomic mass is 9.64. The van der Waals surface area contributed by atoms with Crippen molar-refractivity contribution in [1.82, 2.24) is 0 Å². The highest BCUT2D eigenvalue weighted by Gasteiger charge is 2.35. The van der Waals surface area contributed by atoms with Crippen LogP contribution in [0.25, 0.3) is 0 Å². The van der Waals surface area contributed by atoms with Crippen LogP contribution in [-0.4, -0.2) is 6.54 Å². The van der Waals surface area contributed by atoms with Gasteiger partial charge in [-0.25, -0.2) is 0 Å². The smallest absolute Gasteiger partial charge is 0.00230 e. The van der Waals surface area contributed by atoms with Gasteiger partial charge in [-0.2, -0.15) is 0 Å². The van der Waals surface area contributed by atoms with E-state index in [2.05, 4.69) is 20.8 Å². The van der Waals surface area contributed by atoms with Gasteiger partial charge in [-0.1, -0.05) is 27.2 Å². The molecule has 1 nitrogen and oxygen atoms in total. The zero-order chi connectivity index (χ0) is 8.54. The summed E-state index contributed by atoms with van der Waals surface area (Å²) in [5, 5.41) is 0. The Balaban J connectivity index is 2.59. The highest BCUT2D eigenvalue weighted by atomic mass is 14.6. The van der Waals surface area contributed by atoms with Crippen molar-refractivity contribution in [1.29, 1.82) is 0 Å². The minimum atomic E-state index is 0.432. The summed E-state index contributed by atoms with van der Waals surface area (Å²) < 4.78 is 0. The molecule has 0 spiro atoms. The highest BCUT2D eigenvalue weighted by molar-refractivity contribution is 4.87. The maximum absolute atomic E-state index is 5.76. The fourth-order valence-corrected chi connectivity index (χ4v) is 2.50. The third-order valence-corrected chi connectivity index (χ3v) is 3.03. The maximum Gasteiger partial charge on any atom is -0.00230 e. The summed E-state index contributed by atoms with van der Waals surface area (Å²) in [5.41, 5.74) is 6.72. The Hall–Kier alpha value is -0.0400. The van der Waals surface area contributed by atoms with Crippen LogP contribution in [-0.2, 0) is 0 Å². The van der Waals surface area contributed by atoms with Crippen LogP contribution in [0.2, 0.25) is 0 Å². The van der Waals surface area contributed by atoms with Crippen LogP contribution in [0.4, 0.5) is 0 Å². The van der Waals surface area contributed by atoms with Crippen molar-refractivity contribution in [2.45, 2.75) is 46.5 Å². The fourth-order valence-electron chi connectivity index (χ4n) is 2.50. The Labute approximate surface area is 70.4 Å². The summed E-state index contributed by atoms with van der Waals surface area (Å²) in [6.07, 6.45) is 5.37. The van der Waals surface area contributed by atoms with E-state index < -0.39 is 0 Å². The molecule has 0 aliphatic heterocycles. The highest BCUT2D eigenvalue weighted by Crippen LogP contribution is 2.45. The summed E-state index contributed by atoms with van der Waals surface area (Å²) in [4.78, 5) is 0. The number of nitrogens with two attached hydrogens (primary N) is 1. The lowest BCUT2D eigenvalue weighted by Gasteiger charge is -2.42. The lowest BCUT2D eigenvalue weighted by Crippen LogP contribution is -2.36. The first-order chi connectivity index (χ1) is 4.97. The normalized spacial score (nSPS) is 37.1. The second kappa shape index (κ2) is 2.78. The predicted octanol–water partition coefficient (Wildman–Crippen LogP) is 2.55. The molecule has 0 aromatic rings. The van der Waals surface area contributed by atoms with E-state index in [-0.39, 0.29) is 0 Å². The molecule has 0 bridgehead atoms. The predicted molar refractivity (Wildman–Crippen MR) is 49.4 cm³/mol. The van der Waals surface area contributed by atoms with E-state index in [9.17, 15) is 0 Å². The van der Waals surface area contributed by atoms with E-state index in [1.807, 2.05) is 0 Å². The molecule has 1 aliphatic carbocycles. The average molecular weight is 155 g/mol. The van der Waals surface area contributed by atoms with Crippen LogP contribution in [0.15, 0.2) is 0 Å². The quantitative estimate of drug-likeness (QED) is 0.618. The monoisotopic (exact) mass is 155 g/mol. The van der Waals surface area contributed by atoms with Crippen LogP contribution in [0.3, 0.4) is 0 Å². The molecule has 0 amide bonds. The topological polar surface area (TPSA) is 26.0 Å². The van der Waals surface area contributed by atoms with Crippen molar-refractivity contribution in [2.24, 2.45) is 16.6 Å². The van der Waals surface area contributed by atoms with E-state index >= 15 is 0 Å². The van der Waals surface area contributed by atoms with Crippen molar-refractivity contribution in [2.75, 3.05) is 6.54 Å². The van der Waals surface area contributed by atoms with Gasteiger partial charge in [-0.05, 0) is 36.6 Å². The molecule has 1 saturated carbocycles. The number of hydrogen-bond donors (Lipinski definition) is 1. The first kappa shape index (κ1) is 9.05. The Kier molecular flexibility index (Phi) is 2.29. The third kappa shape index (κ3) is 2.19. The van der Waals surface area contributed by atoms with Gasteiger partial charge >= 0.3 is 0 Å². The van der Waals surface area contributed by atoms with Crippen LogP contribution in [0.5, 0.6) is 0 Å². The lowest BCUT2D eigenvalue weighted by molar-refractivity contribution is 0.107. The van der Waals surface area contributed by atoms with Gasteiger partial charge in [0.25, 0.3) is 0 Å². The van der Waals surface area contributed by atoms with Crippen molar-refractivity contribution in [3.8, 4) is 0 Å². The van der Waals surface area contributed by atoms with Crippen molar-refractivity contribution in [3.05, 3.63) is 0 Å². The maximum atomic E-state index is 5.76. The molecule has 0 aromatic carbocycles. The largest absolute Gasteiger partial charge is 0.330 e. The zero-order valence-electron chi connectivity index (χ0n) is 8.11. The standard InChI is InChI=1S/C10H21N/c1-9(2)5-4-6-10(3,7-9)8-11/h4-8,11H2,1-3H3/t10-/m1/s1. The van der Waals surface area contributed by atoms with Crippen molar-refractivity contribution < 1.29 is 0 Å². The molecular weight excluding hydrogens is 134 g/mol. The van der Waals surface area contributed by atoms with Crippen LogP contribution >= 0.6 is 0 Å². The molecule has 0 unspecified atom stereocenters. The first-order valence-corrected chi connectivity index (χ1v) is 4.68. The van der Waals surface area contributed by atoms with Gasteiger partial charge in [0.05, 0.1) is 0 Å². The summed E-state index contributed by atoms with van der Waals surface area (Å²) in [7, 11) is 0. The first-order valence-electron chi connectivity index (χ1n) is 4.68. The van der Waals surface area contributed by atoms with E-state index in [1.165, 1.54) is 25.7 Å². The molecule has 1 atom stereocenters. The molecule has 1 rings (SSSR count). The molecule has 0 heterocycles. The molecule has 11 heavy (non-hydrogen) atoms. The molecular formula is C10H21N. The van der Waals surface area contributed by atoms with Crippen LogP contribution < -0.4 is 5.73 Å². The summed E-state index contributed by atoms with van der Waals surface area (Å²) in [6.45, 7) is 7.91. The van der Waals surface area contributed by atoms with E-state index in [0.29, 0.717) is 10.8 Å². The number of rotatable bonds is 1. The van der Waals surface area contributed by atoms with E-state index in [4.69, 9.17) is 5.73 Å². The molecule has 1 aliphatic rings. The molecule has 0 aromatic heterocycles. The van der Waals surface area contributed by atoms with Gasteiger partial charge in [-0.3, -0.25) is 0 Å². The summed E-state index contributed by atoms with van der Waals surface area (Å²) in [5.74, 6) is 0. The van der Waals surface area contributed by atoms with Crippen molar-refractivity contribution in [3.63, 3.8) is 0 Å². The van der Waals surface area contributed by atoms with Gasteiger partial charge < -0.3 is 5.73 Å². The zero-order valence-corrected chi connectivity index (χ0v) is 8.11. The second-order valence-corrected chi connectivity index (χ2v) is 5.21. The molecule has 0 radical (unpaired) electrons. The summed E-state index contributed by atoms with van der Waals surface area (Å²) >= 11 is 0. The van der Waals surface area contributed by atoms with Gasteiger partial charge in [0, 0.05) is 0 Å². The van der Waals surface area contributed by atoms with Crippen LogP contribution in [0.1, 0.15) is 46.5 Å². The van der Waals surface area contributed by atoms with E-state index in [0.717, 1.165) is 6.54 Å². The van der Waals surface area contributed by atoms with Crippen LogP contribution in [0, 0.1) is 10.8 Å². The Morgan fingerprint density at radius 1 is 1.18 bits per heavy atom. The van der Waals surface area contributed by atoms with Gasteiger partial charge in [0.1, 0.15) is 0 Å².